The molecule has 4 nitrogen and oxygen atoms in total. The maximum Gasteiger partial charge on any atom is 0.435 e. The Morgan fingerprint density at radius 3 is 1.83 bits per heavy atom. The summed E-state index contributed by atoms with van der Waals surface area (Å²) in [4.78, 5) is 12.4. The number of aryl methyl sites for hydroxylation is 1. The lowest BCUT2D eigenvalue weighted by Crippen LogP contribution is -2.50. The molecule has 1 amide bonds. The number of pyridine rings is 1. The van der Waals surface area contributed by atoms with E-state index in [-0.39, 0.29) is 23.9 Å². The number of nitrogens with zero attached hydrogens (tertiary/aromatic N) is 1. The molecule has 0 radical (unpaired) electrons. The normalized spacial score (nSPS) is 11.7. The van der Waals surface area contributed by atoms with Gasteiger partial charge in [0.2, 0.25) is 6.41 Å². The number of aromatic nitrogens is 1. The van der Waals surface area contributed by atoms with Crippen molar-refractivity contribution in [3.05, 3.63) is 82.8 Å². The van der Waals surface area contributed by atoms with E-state index in [1.807, 2.05) is 13.8 Å². The Kier molecular flexibility index (Phi) is 16.0. The molecule has 0 saturated carbocycles. The summed E-state index contributed by atoms with van der Waals surface area (Å²) in [5, 5.41) is 2.64. The van der Waals surface area contributed by atoms with Gasteiger partial charge in [-0.2, -0.15) is 39.5 Å². The molecule has 1 aromatic heterocycles. The van der Waals surface area contributed by atoms with Gasteiger partial charge in [-0.05, 0) is 61.2 Å². The molecular weight excluding hydrogens is 579 g/mol. The van der Waals surface area contributed by atoms with Gasteiger partial charge in [0.1, 0.15) is 11.6 Å². The first kappa shape index (κ1) is 39.5. The zero-order valence-electron chi connectivity index (χ0n) is 22.6. The maximum atomic E-state index is 14.3. The number of alkyl halides is 10. The predicted octanol–water partition coefficient (Wildman–Crippen LogP) is 8.50. The fourth-order valence-corrected chi connectivity index (χ4v) is 3.10. The van der Waals surface area contributed by atoms with Crippen molar-refractivity contribution in [1.82, 2.24) is 4.98 Å². The fraction of sp³-hybridized carbons (Fsp3) is 0.385. The third-order valence-corrected chi connectivity index (χ3v) is 4.77. The third-order valence-electron chi connectivity index (χ3n) is 4.77. The highest BCUT2D eigenvalue weighted by Crippen LogP contribution is 2.54. The van der Waals surface area contributed by atoms with Crippen LogP contribution < -0.4 is 11.1 Å². The van der Waals surface area contributed by atoms with Gasteiger partial charge in [0.25, 0.3) is 0 Å². The topological polar surface area (TPSA) is 68.0 Å². The minimum atomic E-state index is -6.52. The van der Waals surface area contributed by atoms with E-state index in [4.69, 9.17) is 4.79 Å². The van der Waals surface area contributed by atoms with Crippen molar-refractivity contribution in [2.45, 2.75) is 58.3 Å². The molecule has 1 aromatic carbocycles. The van der Waals surface area contributed by atoms with E-state index in [1.54, 1.807) is 13.0 Å². The van der Waals surface area contributed by atoms with Crippen LogP contribution in [0.15, 0.2) is 55.0 Å². The minimum absolute atomic E-state index is 0.145. The van der Waals surface area contributed by atoms with Crippen molar-refractivity contribution in [3.63, 3.8) is 0 Å². The molecule has 0 unspecified atom stereocenters. The fourth-order valence-electron chi connectivity index (χ4n) is 3.10. The number of carbonyl (C=O) groups excluding carboxylic acids is 1. The first-order valence-electron chi connectivity index (χ1n) is 11.5. The van der Waals surface area contributed by atoms with Gasteiger partial charge in [0, 0.05) is 18.8 Å². The molecule has 2 aromatic rings. The van der Waals surface area contributed by atoms with Crippen LogP contribution >= 0.6 is 0 Å². The Bertz CT molecular complexity index is 1120. The molecule has 2 rings (SSSR count). The van der Waals surface area contributed by atoms with Crippen LogP contribution in [0.5, 0.6) is 0 Å². The van der Waals surface area contributed by atoms with Gasteiger partial charge in [0.15, 0.2) is 0 Å². The van der Waals surface area contributed by atoms with E-state index >= 15 is 0 Å². The smallest absolute Gasteiger partial charge is 0.373 e. The van der Waals surface area contributed by atoms with Crippen molar-refractivity contribution >= 4 is 12.2 Å². The molecule has 0 aliphatic carbocycles. The summed E-state index contributed by atoms with van der Waals surface area (Å²) in [5.41, 5.74) is -6.64. The number of amides is 1. The molecular formula is C26H30F11N3O. The van der Waals surface area contributed by atoms with Crippen molar-refractivity contribution in [2.24, 2.45) is 5.73 Å². The monoisotopic (exact) mass is 609 g/mol. The summed E-state index contributed by atoms with van der Waals surface area (Å²) < 4.78 is 144. The van der Waals surface area contributed by atoms with Crippen LogP contribution in [0.25, 0.3) is 0 Å². The molecule has 15 heteroatoms. The Labute approximate surface area is 230 Å². The van der Waals surface area contributed by atoms with Crippen molar-refractivity contribution in [3.8, 4) is 0 Å². The number of hydrogen-bond acceptors (Lipinski definition) is 3. The van der Waals surface area contributed by atoms with Crippen LogP contribution in [0, 0.1) is 6.92 Å². The zero-order valence-corrected chi connectivity index (χ0v) is 22.6. The number of anilines is 1. The number of carbonyl (C=O) groups is 1. The molecule has 3 N–H and O–H groups in total. The lowest BCUT2D eigenvalue weighted by atomic mass is 9.86. The van der Waals surface area contributed by atoms with Gasteiger partial charge in [-0.25, -0.2) is 13.8 Å². The van der Waals surface area contributed by atoms with Crippen LogP contribution in [0.1, 0.15) is 48.6 Å². The first-order valence-corrected chi connectivity index (χ1v) is 11.5. The van der Waals surface area contributed by atoms with Crippen LogP contribution in [0.4, 0.5) is 54.1 Å². The van der Waals surface area contributed by atoms with Crippen molar-refractivity contribution in [1.29, 1.82) is 0 Å². The highest BCUT2D eigenvalue weighted by Gasteiger charge is 2.73. The molecule has 0 bridgehead atoms. The third kappa shape index (κ3) is 11.4. The Balaban J connectivity index is 0. The highest BCUT2D eigenvalue weighted by atomic mass is 19.4. The largest absolute Gasteiger partial charge is 0.435 e. The molecule has 0 saturated heterocycles. The van der Waals surface area contributed by atoms with Crippen LogP contribution in [0.2, 0.25) is 0 Å². The number of benzene rings is 1. The van der Waals surface area contributed by atoms with Gasteiger partial charge in [-0.15, -0.1) is 0 Å². The zero-order chi connectivity index (χ0) is 32.8. The lowest BCUT2D eigenvalue weighted by Gasteiger charge is -2.31. The van der Waals surface area contributed by atoms with E-state index in [0.29, 0.717) is 0 Å². The summed E-state index contributed by atoms with van der Waals surface area (Å²) in [5.74, 6) is -0.107. The Hall–Kier alpha value is -3.65. The predicted molar refractivity (Wildman–Crippen MR) is 134 cm³/mol. The summed E-state index contributed by atoms with van der Waals surface area (Å²) in [7, 11) is 1.49. The average molecular weight is 610 g/mol. The number of halogens is 11. The Morgan fingerprint density at radius 2 is 1.49 bits per heavy atom. The number of primary amides is 1. The molecule has 232 valence electrons. The van der Waals surface area contributed by atoms with Crippen molar-refractivity contribution < 1.29 is 53.1 Å². The van der Waals surface area contributed by atoms with E-state index in [1.165, 1.54) is 31.5 Å². The SMILES string of the molecule is C=C(F)/C=C/C.CC.CNc1cc(Cc2c(C)cc(C(F)(C(F)(F)F)C(F)(F)F)cc2C(F)(F)F)ccn1.NC=O. The highest BCUT2D eigenvalue weighted by molar-refractivity contribution is 5.47. The van der Waals surface area contributed by atoms with E-state index in [0.717, 1.165) is 6.92 Å². The molecule has 0 aliphatic rings. The molecule has 41 heavy (non-hydrogen) atoms. The van der Waals surface area contributed by atoms with Crippen LogP contribution in [0.3, 0.4) is 0 Å². The molecule has 0 spiro atoms. The summed E-state index contributed by atoms with van der Waals surface area (Å²) in [6.45, 7) is 9.62. The molecule has 1 heterocycles. The second-order valence-corrected chi connectivity index (χ2v) is 7.53. The number of allylic oxidation sites excluding steroid dienone is 3. The maximum absolute atomic E-state index is 14.3. The quantitative estimate of drug-likeness (QED) is 0.203. The summed E-state index contributed by atoms with van der Waals surface area (Å²) in [6.07, 6.45) is -14.4. The Morgan fingerprint density at radius 1 is 1.00 bits per heavy atom. The molecule has 0 fully saturated rings. The van der Waals surface area contributed by atoms with Crippen molar-refractivity contribution in [2.75, 3.05) is 12.4 Å². The standard InChI is InChI=1S/C18H14F10N2.C5H7F.C2H6.CH3NO/c1-9-5-11(15(19,17(23,24)25)18(26,27)28)8-13(16(20,21)22)12(9)6-10-3-4-30-14(7-10)29-2;1-3-4-5(2)6;1-2;2-1-3/h3-5,7-8H,6H2,1-2H3,(H,29,30);3-4H,2H2,1H3;1-2H3;1H,(H2,2,3)/b;4-3+;;. The van der Waals surface area contributed by atoms with Crippen LogP contribution in [-0.2, 0) is 23.1 Å². The lowest BCUT2D eigenvalue weighted by molar-refractivity contribution is -0.348. The second-order valence-electron chi connectivity index (χ2n) is 7.53. The molecule has 0 atom stereocenters. The van der Waals surface area contributed by atoms with E-state index in [2.05, 4.69) is 22.6 Å². The number of hydrogen-bond donors (Lipinski definition) is 2. The average Bonchev–Trinajstić information content (AvgIpc) is 2.84. The first-order chi connectivity index (χ1) is 18.7. The summed E-state index contributed by atoms with van der Waals surface area (Å²) >= 11 is 0. The van der Waals surface area contributed by atoms with Gasteiger partial charge in [-0.1, -0.05) is 32.6 Å². The minimum Gasteiger partial charge on any atom is -0.373 e. The number of nitrogens with two attached hydrogens (primary N) is 1. The summed E-state index contributed by atoms with van der Waals surface area (Å²) in [6, 6.07) is 2.41. The number of rotatable bonds is 5. The van der Waals surface area contributed by atoms with E-state index < -0.39 is 64.8 Å². The van der Waals surface area contributed by atoms with Gasteiger partial charge < -0.3 is 11.1 Å². The number of nitrogens with one attached hydrogen (secondary N) is 1. The van der Waals surface area contributed by atoms with E-state index in [9.17, 15) is 48.3 Å². The molecule has 0 aliphatic heterocycles. The van der Waals surface area contributed by atoms with Crippen LogP contribution in [-0.4, -0.2) is 30.8 Å². The second kappa shape index (κ2) is 16.6. The van der Waals surface area contributed by atoms with Gasteiger partial charge in [0.05, 0.1) is 5.56 Å². The van der Waals surface area contributed by atoms with Gasteiger partial charge in [-0.3, -0.25) is 4.79 Å². The van der Waals surface area contributed by atoms with Gasteiger partial charge >= 0.3 is 24.2 Å².